The number of aliphatic hydroxyl groups is 1. The Morgan fingerprint density at radius 2 is 2.29 bits per heavy atom. The van der Waals surface area contributed by atoms with Crippen molar-refractivity contribution in [3.63, 3.8) is 0 Å². The zero-order chi connectivity index (χ0) is 12.5. The summed E-state index contributed by atoms with van der Waals surface area (Å²) < 4.78 is 5.34. The van der Waals surface area contributed by atoms with Gasteiger partial charge in [-0.05, 0) is 37.8 Å². The number of aryl methyl sites for hydroxylation is 1. The maximum atomic E-state index is 10.5. The predicted molar refractivity (Wildman–Crippen MR) is 68.2 cm³/mol. The highest BCUT2D eigenvalue weighted by atomic mass is 16.5. The van der Waals surface area contributed by atoms with Gasteiger partial charge in [0.2, 0.25) is 0 Å². The van der Waals surface area contributed by atoms with Crippen molar-refractivity contribution in [3.8, 4) is 5.75 Å². The molecule has 0 aliphatic heterocycles. The van der Waals surface area contributed by atoms with Gasteiger partial charge in [0.25, 0.3) is 0 Å². The Balaban J connectivity index is 2.20. The number of ether oxygens (including phenoxy) is 1. The molecule has 94 valence electrons. The van der Waals surface area contributed by atoms with E-state index in [0.717, 1.165) is 24.2 Å². The number of nitrogens with two attached hydrogens (primary N) is 1. The standard InChI is InChI=1S/C14H21NO2/c1-10-3-4-13(17-2)11(7-10)8-14(16)6-5-12(15)9-14/h3-4,7,12,16H,5-6,8-9,15H2,1-2H3. The second-order valence-corrected chi connectivity index (χ2v) is 5.22. The summed E-state index contributed by atoms with van der Waals surface area (Å²) in [6.45, 7) is 2.05. The molecule has 0 heterocycles. The number of rotatable bonds is 3. The average Bonchev–Trinajstić information content (AvgIpc) is 2.59. The van der Waals surface area contributed by atoms with Gasteiger partial charge in [-0.1, -0.05) is 17.7 Å². The first-order valence-corrected chi connectivity index (χ1v) is 6.14. The summed E-state index contributed by atoms with van der Waals surface area (Å²) in [4.78, 5) is 0. The van der Waals surface area contributed by atoms with Crippen LogP contribution in [0.3, 0.4) is 0 Å². The molecule has 0 radical (unpaired) electrons. The van der Waals surface area contributed by atoms with Crippen molar-refractivity contribution >= 4 is 0 Å². The molecule has 1 aliphatic rings. The van der Waals surface area contributed by atoms with E-state index in [1.165, 1.54) is 5.56 Å². The molecule has 2 atom stereocenters. The molecule has 1 aromatic rings. The van der Waals surface area contributed by atoms with Crippen molar-refractivity contribution in [2.24, 2.45) is 5.73 Å². The van der Waals surface area contributed by atoms with E-state index >= 15 is 0 Å². The summed E-state index contributed by atoms with van der Waals surface area (Å²) in [6, 6.07) is 6.20. The zero-order valence-electron chi connectivity index (χ0n) is 10.6. The minimum atomic E-state index is -0.652. The van der Waals surface area contributed by atoms with E-state index < -0.39 is 5.60 Å². The van der Waals surface area contributed by atoms with Gasteiger partial charge >= 0.3 is 0 Å². The second kappa shape index (κ2) is 4.67. The lowest BCUT2D eigenvalue weighted by atomic mass is 9.91. The topological polar surface area (TPSA) is 55.5 Å². The molecule has 2 unspecified atom stereocenters. The van der Waals surface area contributed by atoms with Crippen molar-refractivity contribution in [2.45, 2.75) is 44.2 Å². The van der Waals surface area contributed by atoms with Crippen LogP contribution < -0.4 is 10.5 Å². The molecule has 0 spiro atoms. The van der Waals surface area contributed by atoms with Crippen LogP contribution in [0.5, 0.6) is 5.75 Å². The van der Waals surface area contributed by atoms with E-state index in [0.29, 0.717) is 12.8 Å². The van der Waals surface area contributed by atoms with E-state index in [-0.39, 0.29) is 6.04 Å². The molecular formula is C14H21NO2. The first kappa shape index (κ1) is 12.4. The third kappa shape index (κ3) is 2.79. The number of methoxy groups -OCH3 is 1. The molecule has 3 heteroatoms. The fourth-order valence-electron chi connectivity index (χ4n) is 2.71. The smallest absolute Gasteiger partial charge is 0.122 e. The lowest BCUT2D eigenvalue weighted by Crippen LogP contribution is -2.30. The summed E-state index contributed by atoms with van der Waals surface area (Å²) in [6.07, 6.45) is 3.01. The van der Waals surface area contributed by atoms with Crippen molar-refractivity contribution in [2.75, 3.05) is 7.11 Å². The average molecular weight is 235 g/mol. The van der Waals surface area contributed by atoms with E-state index in [2.05, 4.69) is 6.07 Å². The van der Waals surface area contributed by atoms with E-state index in [9.17, 15) is 5.11 Å². The molecule has 1 saturated carbocycles. The van der Waals surface area contributed by atoms with Crippen LogP contribution >= 0.6 is 0 Å². The highest BCUT2D eigenvalue weighted by molar-refractivity contribution is 5.38. The fourth-order valence-corrected chi connectivity index (χ4v) is 2.71. The zero-order valence-corrected chi connectivity index (χ0v) is 10.6. The summed E-state index contributed by atoms with van der Waals surface area (Å²) in [5, 5.41) is 10.5. The van der Waals surface area contributed by atoms with Gasteiger partial charge in [0.05, 0.1) is 12.7 Å². The molecule has 1 aromatic carbocycles. The molecule has 3 nitrogen and oxygen atoms in total. The third-order valence-corrected chi connectivity index (χ3v) is 3.58. The Morgan fingerprint density at radius 3 is 2.88 bits per heavy atom. The minimum Gasteiger partial charge on any atom is -0.496 e. The largest absolute Gasteiger partial charge is 0.496 e. The fraction of sp³-hybridized carbons (Fsp3) is 0.571. The molecule has 2 rings (SSSR count). The Bertz CT molecular complexity index is 405. The van der Waals surface area contributed by atoms with Crippen LogP contribution in [0.15, 0.2) is 18.2 Å². The predicted octanol–water partition coefficient (Wildman–Crippen LogP) is 1.79. The monoisotopic (exact) mass is 235 g/mol. The van der Waals surface area contributed by atoms with Crippen molar-refractivity contribution < 1.29 is 9.84 Å². The Kier molecular flexibility index (Phi) is 3.40. The molecule has 0 amide bonds. The van der Waals surface area contributed by atoms with Gasteiger partial charge in [-0.3, -0.25) is 0 Å². The summed E-state index contributed by atoms with van der Waals surface area (Å²) >= 11 is 0. The summed E-state index contributed by atoms with van der Waals surface area (Å²) in [5.41, 5.74) is 7.48. The molecule has 0 aromatic heterocycles. The van der Waals surface area contributed by atoms with E-state index in [1.807, 2.05) is 19.1 Å². The normalized spacial score (nSPS) is 28.4. The number of benzene rings is 1. The van der Waals surface area contributed by atoms with Gasteiger partial charge in [-0.15, -0.1) is 0 Å². The first-order valence-electron chi connectivity index (χ1n) is 6.14. The van der Waals surface area contributed by atoms with Gasteiger partial charge in [0.1, 0.15) is 5.75 Å². The first-order chi connectivity index (χ1) is 8.02. The van der Waals surface area contributed by atoms with Crippen LogP contribution in [0.25, 0.3) is 0 Å². The molecule has 0 saturated heterocycles. The molecule has 1 aliphatic carbocycles. The Morgan fingerprint density at radius 1 is 1.53 bits per heavy atom. The highest BCUT2D eigenvalue weighted by Gasteiger charge is 2.36. The molecule has 1 fully saturated rings. The second-order valence-electron chi connectivity index (χ2n) is 5.22. The maximum Gasteiger partial charge on any atom is 0.122 e. The quantitative estimate of drug-likeness (QED) is 0.839. The van der Waals surface area contributed by atoms with Crippen LogP contribution in [0.2, 0.25) is 0 Å². The molecular weight excluding hydrogens is 214 g/mol. The minimum absolute atomic E-state index is 0.135. The molecule has 17 heavy (non-hydrogen) atoms. The van der Waals surface area contributed by atoms with Crippen LogP contribution in [-0.4, -0.2) is 23.9 Å². The number of hydrogen-bond acceptors (Lipinski definition) is 3. The lowest BCUT2D eigenvalue weighted by molar-refractivity contribution is 0.0462. The van der Waals surface area contributed by atoms with Crippen molar-refractivity contribution in [1.29, 1.82) is 0 Å². The lowest BCUT2D eigenvalue weighted by Gasteiger charge is -2.23. The van der Waals surface area contributed by atoms with Gasteiger partial charge in [-0.25, -0.2) is 0 Å². The van der Waals surface area contributed by atoms with E-state index in [1.54, 1.807) is 7.11 Å². The summed E-state index contributed by atoms with van der Waals surface area (Å²) in [5.74, 6) is 0.851. The van der Waals surface area contributed by atoms with Gasteiger partial charge in [0.15, 0.2) is 0 Å². The van der Waals surface area contributed by atoms with E-state index in [4.69, 9.17) is 10.5 Å². The van der Waals surface area contributed by atoms with Crippen LogP contribution in [0.4, 0.5) is 0 Å². The van der Waals surface area contributed by atoms with Crippen molar-refractivity contribution in [1.82, 2.24) is 0 Å². The van der Waals surface area contributed by atoms with Gasteiger partial charge < -0.3 is 15.6 Å². The Labute approximate surface area is 103 Å². The van der Waals surface area contributed by atoms with Gasteiger partial charge in [-0.2, -0.15) is 0 Å². The third-order valence-electron chi connectivity index (χ3n) is 3.58. The SMILES string of the molecule is COc1ccc(C)cc1CC1(O)CCC(N)C1. The number of hydrogen-bond donors (Lipinski definition) is 2. The molecule has 0 bridgehead atoms. The van der Waals surface area contributed by atoms with Crippen LogP contribution in [0.1, 0.15) is 30.4 Å². The highest BCUT2D eigenvalue weighted by Crippen LogP contribution is 2.34. The van der Waals surface area contributed by atoms with Crippen molar-refractivity contribution in [3.05, 3.63) is 29.3 Å². The summed E-state index contributed by atoms with van der Waals surface area (Å²) in [7, 11) is 1.67. The Hall–Kier alpha value is -1.06. The van der Waals surface area contributed by atoms with Crippen LogP contribution in [0, 0.1) is 6.92 Å². The molecule has 3 N–H and O–H groups in total. The van der Waals surface area contributed by atoms with Gasteiger partial charge in [0, 0.05) is 12.5 Å². The van der Waals surface area contributed by atoms with Crippen LogP contribution in [-0.2, 0) is 6.42 Å². The maximum absolute atomic E-state index is 10.5.